The van der Waals surface area contributed by atoms with Crippen LogP contribution in [0.3, 0.4) is 0 Å². The van der Waals surface area contributed by atoms with Crippen LogP contribution in [0.25, 0.3) is 0 Å². The molecule has 0 bridgehead atoms. The van der Waals surface area contributed by atoms with Gasteiger partial charge >= 0.3 is 0 Å². The molecule has 0 fully saturated rings. The molecule has 0 unspecified atom stereocenters. The molecule has 1 N–H and O–H groups in total. The van der Waals surface area contributed by atoms with Crippen LogP contribution < -0.4 is 5.32 Å². The summed E-state index contributed by atoms with van der Waals surface area (Å²) in [5, 5.41) is 3.19. The van der Waals surface area contributed by atoms with Crippen LogP contribution in [0, 0.1) is 6.92 Å². The number of nitrogens with zero attached hydrogens (tertiary/aromatic N) is 4. The lowest BCUT2D eigenvalue weighted by atomic mass is 10.3. The summed E-state index contributed by atoms with van der Waals surface area (Å²) in [6.07, 6.45) is 6.35. The van der Waals surface area contributed by atoms with E-state index >= 15 is 0 Å². The van der Waals surface area contributed by atoms with Gasteiger partial charge in [-0.25, -0.2) is 15.0 Å². The van der Waals surface area contributed by atoms with Crippen molar-refractivity contribution < 1.29 is 0 Å². The zero-order valence-corrected chi connectivity index (χ0v) is 9.51. The Morgan fingerprint density at radius 3 is 3.00 bits per heavy atom. The molecular weight excluding hydrogens is 202 g/mol. The molecule has 0 aliphatic carbocycles. The van der Waals surface area contributed by atoms with E-state index in [-0.39, 0.29) is 0 Å². The van der Waals surface area contributed by atoms with Crippen LogP contribution >= 0.6 is 0 Å². The van der Waals surface area contributed by atoms with Crippen LogP contribution in [0.15, 0.2) is 24.8 Å². The third-order valence-electron chi connectivity index (χ3n) is 2.38. The standard InChI is InChI=1S/C11H15N5/c1-9-3-5-13-11(15-9)14-6-4-10-7-12-8-16(10)2/h3,5,7-8H,4,6H2,1-2H3,(H,13,14,15). The van der Waals surface area contributed by atoms with Crippen molar-refractivity contribution in [1.29, 1.82) is 0 Å². The van der Waals surface area contributed by atoms with Gasteiger partial charge < -0.3 is 9.88 Å². The molecule has 0 aliphatic heterocycles. The second-order valence-electron chi connectivity index (χ2n) is 3.69. The first-order chi connectivity index (χ1) is 7.75. The number of aromatic nitrogens is 4. The predicted molar refractivity (Wildman–Crippen MR) is 62.2 cm³/mol. The molecule has 0 aliphatic rings. The molecule has 0 radical (unpaired) electrons. The van der Waals surface area contributed by atoms with E-state index < -0.39 is 0 Å². The highest BCUT2D eigenvalue weighted by Crippen LogP contribution is 2.01. The molecule has 2 aromatic rings. The van der Waals surface area contributed by atoms with Crippen molar-refractivity contribution >= 4 is 5.95 Å². The highest BCUT2D eigenvalue weighted by molar-refractivity contribution is 5.24. The van der Waals surface area contributed by atoms with Gasteiger partial charge in [-0.3, -0.25) is 0 Å². The van der Waals surface area contributed by atoms with Gasteiger partial charge in [0.1, 0.15) is 0 Å². The number of anilines is 1. The van der Waals surface area contributed by atoms with Crippen LogP contribution in [-0.4, -0.2) is 26.1 Å². The summed E-state index contributed by atoms with van der Waals surface area (Å²) in [6.45, 7) is 2.76. The van der Waals surface area contributed by atoms with Crippen molar-refractivity contribution in [2.24, 2.45) is 7.05 Å². The predicted octanol–water partition coefficient (Wildman–Crippen LogP) is 1.17. The molecule has 0 aromatic carbocycles. The maximum absolute atomic E-state index is 4.27. The molecule has 0 amide bonds. The summed E-state index contributed by atoms with van der Waals surface area (Å²) in [7, 11) is 1.99. The zero-order valence-electron chi connectivity index (χ0n) is 9.51. The van der Waals surface area contributed by atoms with Gasteiger partial charge in [-0.2, -0.15) is 0 Å². The first-order valence-corrected chi connectivity index (χ1v) is 5.24. The average molecular weight is 217 g/mol. The monoisotopic (exact) mass is 217 g/mol. The second-order valence-corrected chi connectivity index (χ2v) is 3.69. The van der Waals surface area contributed by atoms with Gasteiger partial charge in [0.15, 0.2) is 0 Å². The summed E-state index contributed by atoms with van der Waals surface area (Å²) in [4.78, 5) is 12.5. The quantitative estimate of drug-likeness (QED) is 0.835. The topological polar surface area (TPSA) is 55.6 Å². The molecule has 5 nitrogen and oxygen atoms in total. The molecule has 5 heteroatoms. The Morgan fingerprint density at radius 1 is 1.44 bits per heavy atom. The Labute approximate surface area is 94.6 Å². The number of aryl methyl sites for hydroxylation is 2. The zero-order chi connectivity index (χ0) is 11.4. The molecule has 0 atom stereocenters. The van der Waals surface area contributed by atoms with Gasteiger partial charge in [-0.15, -0.1) is 0 Å². The minimum Gasteiger partial charge on any atom is -0.354 e. The minimum absolute atomic E-state index is 0.683. The maximum Gasteiger partial charge on any atom is 0.222 e. The van der Waals surface area contributed by atoms with Crippen LogP contribution in [-0.2, 0) is 13.5 Å². The third-order valence-corrected chi connectivity index (χ3v) is 2.38. The van der Waals surface area contributed by atoms with E-state index in [1.807, 2.05) is 30.8 Å². The highest BCUT2D eigenvalue weighted by atomic mass is 15.1. The van der Waals surface area contributed by atoms with Crippen molar-refractivity contribution in [3.63, 3.8) is 0 Å². The van der Waals surface area contributed by atoms with E-state index in [0.717, 1.165) is 18.7 Å². The van der Waals surface area contributed by atoms with Crippen LogP contribution in [0.5, 0.6) is 0 Å². The average Bonchev–Trinajstić information content (AvgIpc) is 2.65. The molecule has 0 saturated carbocycles. The highest BCUT2D eigenvalue weighted by Gasteiger charge is 1.99. The molecule has 16 heavy (non-hydrogen) atoms. The minimum atomic E-state index is 0.683. The first kappa shape index (κ1) is 10.6. The Hall–Kier alpha value is -1.91. The van der Waals surface area contributed by atoms with Crippen LogP contribution in [0.2, 0.25) is 0 Å². The van der Waals surface area contributed by atoms with Gasteiger partial charge in [-0.1, -0.05) is 0 Å². The lowest BCUT2D eigenvalue weighted by Gasteiger charge is -2.05. The van der Waals surface area contributed by atoms with Gasteiger partial charge in [0, 0.05) is 43.8 Å². The van der Waals surface area contributed by atoms with E-state index in [1.165, 1.54) is 5.69 Å². The van der Waals surface area contributed by atoms with Crippen LogP contribution in [0.1, 0.15) is 11.4 Å². The molecule has 0 saturated heterocycles. The van der Waals surface area contributed by atoms with E-state index in [2.05, 4.69) is 20.3 Å². The molecule has 84 valence electrons. The fraction of sp³-hybridized carbons (Fsp3) is 0.364. The number of hydrogen-bond donors (Lipinski definition) is 1. The lowest BCUT2D eigenvalue weighted by Crippen LogP contribution is -2.09. The summed E-state index contributed by atoms with van der Waals surface area (Å²) in [5.74, 6) is 0.683. The normalized spacial score (nSPS) is 10.4. The van der Waals surface area contributed by atoms with Crippen molar-refractivity contribution in [3.05, 3.63) is 36.2 Å². The maximum atomic E-state index is 4.27. The smallest absolute Gasteiger partial charge is 0.222 e. The van der Waals surface area contributed by atoms with Crippen molar-refractivity contribution in [3.8, 4) is 0 Å². The molecular formula is C11H15N5. The molecule has 2 rings (SSSR count). The van der Waals surface area contributed by atoms with Crippen LogP contribution in [0.4, 0.5) is 5.95 Å². The Bertz CT molecular complexity index is 463. The van der Waals surface area contributed by atoms with Crippen molar-refractivity contribution in [1.82, 2.24) is 19.5 Å². The van der Waals surface area contributed by atoms with Crippen molar-refractivity contribution in [2.75, 3.05) is 11.9 Å². The Balaban J connectivity index is 1.87. The lowest BCUT2D eigenvalue weighted by molar-refractivity contribution is 0.812. The van der Waals surface area contributed by atoms with E-state index in [1.54, 1.807) is 12.5 Å². The van der Waals surface area contributed by atoms with Gasteiger partial charge in [0.25, 0.3) is 0 Å². The van der Waals surface area contributed by atoms with Gasteiger partial charge in [0.05, 0.1) is 6.33 Å². The molecule has 2 heterocycles. The summed E-state index contributed by atoms with van der Waals surface area (Å²) in [6, 6.07) is 1.88. The first-order valence-electron chi connectivity index (χ1n) is 5.24. The number of hydrogen-bond acceptors (Lipinski definition) is 4. The number of rotatable bonds is 4. The fourth-order valence-corrected chi connectivity index (χ4v) is 1.46. The van der Waals surface area contributed by atoms with Crippen molar-refractivity contribution in [2.45, 2.75) is 13.3 Å². The van der Waals surface area contributed by atoms with E-state index in [0.29, 0.717) is 5.95 Å². The summed E-state index contributed by atoms with van der Waals surface area (Å²) < 4.78 is 2.01. The van der Waals surface area contributed by atoms with Gasteiger partial charge in [-0.05, 0) is 13.0 Å². The number of imidazole rings is 1. The summed E-state index contributed by atoms with van der Waals surface area (Å²) in [5.41, 5.74) is 2.16. The fourth-order valence-electron chi connectivity index (χ4n) is 1.46. The molecule has 2 aromatic heterocycles. The van der Waals surface area contributed by atoms with E-state index in [9.17, 15) is 0 Å². The Kier molecular flexibility index (Phi) is 3.14. The largest absolute Gasteiger partial charge is 0.354 e. The summed E-state index contributed by atoms with van der Waals surface area (Å²) >= 11 is 0. The third kappa shape index (κ3) is 2.56. The van der Waals surface area contributed by atoms with E-state index in [4.69, 9.17) is 0 Å². The van der Waals surface area contributed by atoms with Gasteiger partial charge in [0.2, 0.25) is 5.95 Å². The second kappa shape index (κ2) is 4.74. The number of nitrogens with one attached hydrogen (secondary N) is 1. The molecule has 0 spiro atoms. The SMILES string of the molecule is Cc1ccnc(NCCc2cncn2C)n1. The Morgan fingerprint density at radius 2 is 2.31 bits per heavy atom.